The van der Waals surface area contributed by atoms with Crippen molar-refractivity contribution in [1.82, 2.24) is 0 Å². The summed E-state index contributed by atoms with van der Waals surface area (Å²) in [5.74, 6) is -1.08. The highest BCUT2D eigenvalue weighted by Gasteiger charge is 2.30. The largest absolute Gasteiger partial charge is 0.550 e. The number of halogens is 1. The third-order valence-corrected chi connectivity index (χ3v) is 6.61. The van der Waals surface area contributed by atoms with Gasteiger partial charge < -0.3 is 9.90 Å². The van der Waals surface area contributed by atoms with Crippen LogP contribution in [0.3, 0.4) is 0 Å². The Bertz CT molecular complexity index is 647. The van der Waals surface area contributed by atoms with Crippen molar-refractivity contribution in [3.8, 4) is 0 Å². The molecule has 2 nitrogen and oxygen atoms in total. The lowest BCUT2D eigenvalue weighted by Crippen LogP contribution is -3.62. The second kappa shape index (κ2) is 8.84. The van der Waals surface area contributed by atoms with E-state index in [9.17, 15) is 0 Å². The number of hydrogen-bond acceptors (Lipinski definition) is 2. The van der Waals surface area contributed by atoms with Crippen molar-refractivity contribution in [2.24, 2.45) is 0 Å². The molecular weight excluding hydrogens is 423 g/mol. The van der Waals surface area contributed by atoms with E-state index in [2.05, 4.69) is 90.1 Å². The molecule has 0 saturated carbocycles. The summed E-state index contributed by atoms with van der Waals surface area (Å²) in [5, 5.41) is 8.89. The summed E-state index contributed by atoms with van der Waals surface area (Å²) >= 11 is -0.147. The molecule has 0 heterocycles. The molecule has 136 valence electrons. The Morgan fingerprint density at radius 2 is 1.04 bits per heavy atom. The van der Waals surface area contributed by atoms with Crippen molar-refractivity contribution >= 4 is 5.97 Å². The van der Waals surface area contributed by atoms with Gasteiger partial charge in [0.2, 0.25) is 0 Å². The maximum atomic E-state index is 8.89. The van der Waals surface area contributed by atoms with Gasteiger partial charge in [-0.15, -0.1) is 0 Å². The molecule has 0 saturated heterocycles. The zero-order valence-corrected chi connectivity index (χ0v) is 18.5. The number of carbonyl (C=O) groups is 1. The van der Waals surface area contributed by atoms with E-state index < -0.39 is 5.97 Å². The number of carboxylic acid groups (broad SMARTS) is 1. The van der Waals surface area contributed by atoms with Crippen LogP contribution in [-0.4, -0.2) is 5.97 Å². The maximum absolute atomic E-state index is 8.89. The molecule has 0 radical (unpaired) electrons. The third kappa shape index (κ3) is 7.18. The van der Waals surface area contributed by atoms with Gasteiger partial charge in [0.1, 0.15) is 0 Å². The Kier molecular flexibility index (Phi) is 7.66. The van der Waals surface area contributed by atoms with E-state index in [0.717, 1.165) is 6.92 Å². The molecule has 25 heavy (non-hydrogen) atoms. The third-order valence-electron chi connectivity index (χ3n) is 3.57. The molecule has 0 fully saturated rings. The molecule has 0 unspecified atom stereocenters. The molecule has 0 atom stereocenters. The fourth-order valence-electron chi connectivity index (χ4n) is 2.41. The molecule has 2 aromatic rings. The minimum Gasteiger partial charge on any atom is -0.550 e. The van der Waals surface area contributed by atoms with E-state index in [4.69, 9.17) is 9.90 Å². The molecule has 0 bridgehead atoms. The summed E-state index contributed by atoms with van der Waals surface area (Å²) in [7, 11) is 0. The molecule has 2 rings (SSSR count). The van der Waals surface area contributed by atoms with Gasteiger partial charge in [-0.05, 0) is 29.9 Å². The molecular formula is C22H29IO2. The van der Waals surface area contributed by atoms with Crippen molar-refractivity contribution in [1.29, 1.82) is 0 Å². The van der Waals surface area contributed by atoms with E-state index in [1.807, 2.05) is 0 Å². The van der Waals surface area contributed by atoms with Gasteiger partial charge in [0.25, 0.3) is 0 Å². The molecule has 0 aliphatic rings. The van der Waals surface area contributed by atoms with Crippen molar-refractivity contribution in [3.63, 3.8) is 0 Å². The van der Waals surface area contributed by atoms with Gasteiger partial charge in [-0.1, -0.05) is 77.9 Å². The first-order chi connectivity index (χ1) is 11.4. The predicted molar refractivity (Wildman–Crippen MR) is 98.4 cm³/mol. The van der Waals surface area contributed by atoms with Gasteiger partial charge >= 0.3 is 21.2 Å². The summed E-state index contributed by atoms with van der Waals surface area (Å²) < 4.78 is 3.11. The van der Waals surface area contributed by atoms with Gasteiger partial charge in [0.15, 0.2) is 7.14 Å². The number of benzene rings is 2. The summed E-state index contributed by atoms with van der Waals surface area (Å²) in [6, 6.07) is 18.0. The van der Waals surface area contributed by atoms with E-state index in [1.165, 1.54) is 11.1 Å². The lowest BCUT2D eigenvalue weighted by molar-refractivity contribution is -0.599. The fourth-order valence-corrected chi connectivity index (χ4v) is 6.37. The Hall–Kier alpha value is -1.36. The quantitative estimate of drug-likeness (QED) is 0.642. The average Bonchev–Trinajstić information content (AvgIpc) is 2.45. The first kappa shape index (κ1) is 21.7. The van der Waals surface area contributed by atoms with Crippen molar-refractivity contribution in [2.75, 3.05) is 0 Å². The molecule has 3 heteroatoms. The first-order valence-electron chi connectivity index (χ1n) is 8.44. The standard InChI is InChI=1S/C20H26I.C2H4O2/c1-19(2,3)15-11-7-9-13-17(15)21-18-14-10-8-12-16(18)20(4,5)6;1-2(3)4/h7-14H,1-6H3;1H3,(H,3,4)/q+1;/p-1. The molecule has 0 aromatic heterocycles. The topological polar surface area (TPSA) is 40.1 Å². The van der Waals surface area contributed by atoms with Crippen LogP contribution in [0.15, 0.2) is 48.5 Å². The average molecular weight is 452 g/mol. The number of hydrogen-bond donors (Lipinski definition) is 0. The SMILES string of the molecule is CC(=O)[O-].CC(C)(C)c1ccccc1[I+]c1ccccc1C(C)(C)C. The predicted octanol–water partition coefficient (Wildman–Crippen LogP) is 1.17. The van der Waals surface area contributed by atoms with E-state index >= 15 is 0 Å². The highest BCUT2D eigenvalue weighted by atomic mass is 127. The number of rotatable bonds is 2. The van der Waals surface area contributed by atoms with Gasteiger partial charge in [-0.3, -0.25) is 0 Å². The first-order valence-corrected chi connectivity index (χ1v) is 10.6. The van der Waals surface area contributed by atoms with E-state index in [0.29, 0.717) is 0 Å². The monoisotopic (exact) mass is 452 g/mol. The Morgan fingerprint density at radius 1 is 0.760 bits per heavy atom. The molecule has 0 N–H and O–H groups in total. The number of carboxylic acids is 1. The lowest BCUT2D eigenvalue weighted by Gasteiger charge is -2.20. The van der Waals surface area contributed by atoms with Crippen LogP contribution in [0.4, 0.5) is 0 Å². The highest BCUT2D eigenvalue weighted by Crippen LogP contribution is 2.23. The number of aliphatic carboxylic acids is 1. The second-order valence-corrected chi connectivity index (χ2v) is 10.9. The van der Waals surface area contributed by atoms with Crippen LogP contribution in [0.1, 0.15) is 59.6 Å². The number of carbonyl (C=O) groups excluding carboxylic acids is 1. The van der Waals surface area contributed by atoms with Crippen LogP contribution in [0.2, 0.25) is 0 Å². The zero-order valence-electron chi connectivity index (χ0n) is 16.3. The summed E-state index contributed by atoms with van der Waals surface area (Å²) in [6.45, 7) is 14.8. The summed E-state index contributed by atoms with van der Waals surface area (Å²) in [5.41, 5.74) is 3.43. The summed E-state index contributed by atoms with van der Waals surface area (Å²) in [6.07, 6.45) is 0. The van der Waals surface area contributed by atoms with E-state index in [-0.39, 0.29) is 32.0 Å². The van der Waals surface area contributed by atoms with Crippen molar-refractivity contribution in [3.05, 3.63) is 66.8 Å². The van der Waals surface area contributed by atoms with Gasteiger partial charge in [-0.2, -0.15) is 0 Å². The normalized spacial score (nSPS) is 11.5. The molecule has 2 aromatic carbocycles. The zero-order chi connectivity index (χ0) is 19.3. The second-order valence-electron chi connectivity index (χ2n) is 8.05. The van der Waals surface area contributed by atoms with Gasteiger partial charge in [-0.25, -0.2) is 0 Å². The van der Waals surface area contributed by atoms with Crippen LogP contribution in [-0.2, 0) is 15.6 Å². The highest BCUT2D eigenvalue weighted by molar-refractivity contribution is 5.60. The smallest absolute Gasteiger partial charge is 0.358 e. The Labute approximate surface area is 162 Å². The van der Waals surface area contributed by atoms with Crippen LogP contribution in [0.5, 0.6) is 0 Å². The minimum absolute atomic E-state index is 0.147. The molecule has 0 spiro atoms. The molecule has 0 amide bonds. The van der Waals surface area contributed by atoms with Gasteiger partial charge in [0, 0.05) is 17.1 Å². The van der Waals surface area contributed by atoms with Crippen molar-refractivity contribution in [2.45, 2.75) is 59.3 Å². The molecule has 0 aliphatic carbocycles. The minimum atomic E-state index is -1.08. The van der Waals surface area contributed by atoms with Crippen LogP contribution in [0.25, 0.3) is 0 Å². The lowest BCUT2D eigenvalue weighted by atomic mass is 9.87. The maximum Gasteiger partial charge on any atom is 0.358 e. The van der Waals surface area contributed by atoms with Crippen LogP contribution in [0, 0.1) is 7.14 Å². The molecule has 0 aliphatic heterocycles. The van der Waals surface area contributed by atoms with E-state index in [1.54, 1.807) is 7.14 Å². The van der Waals surface area contributed by atoms with Crippen molar-refractivity contribution < 1.29 is 31.1 Å². The fraction of sp³-hybridized carbons (Fsp3) is 0.409. The van der Waals surface area contributed by atoms with Crippen LogP contribution < -0.4 is 26.3 Å². The van der Waals surface area contributed by atoms with Crippen LogP contribution >= 0.6 is 0 Å². The Morgan fingerprint density at radius 3 is 1.32 bits per heavy atom. The Balaban J connectivity index is 0.000000705. The van der Waals surface area contributed by atoms with Gasteiger partial charge in [0.05, 0.1) is 0 Å². The summed E-state index contributed by atoms with van der Waals surface area (Å²) in [4.78, 5) is 8.89.